The van der Waals surface area contributed by atoms with Crippen LogP contribution in [0.5, 0.6) is 0 Å². The van der Waals surface area contributed by atoms with Crippen molar-refractivity contribution in [1.82, 2.24) is 20.5 Å². The number of hydrazone groups is 1. The lowest BCUT2D eigenvalue weighted by Gasteiger charge is -2.35. The molecule has 0 saturated carbocycles. The Balaban J connectivity index is 1.76. The van der Waals surface area contributed by atoms with Crippen LogP contribution < -0.4 is 10.7 Å². The van der Waals surface area contributed by atoms with E-state index < -0.39 is 18.2 Å². The van der Waals surface area contributed by atoms with E-state index in [2.05, 4.69) is 27.4 Å². The Hall–Kier alpha value is -3.42. The summed E-state index contributed by atoms with van der Waals surface area (Å²) in [7, 11) is 1.61. The number of benzene rings is 1. The van der Waals surface area contributed by atoms with Gasteiger partial charge in [0, 0.05) is 13.6 Å². The molecule has 2 aliphatic rings. The van der Waals surface area contributed by atoms with Crippen molar-refractivity contribution < 1.29 is 9.59 Å². The Labute approximate surface area is 157 Å². The summed E-state index contributed by atoms with van der Waals surface area (Å²) in [6, 6.07) is 8.83. The van der Waals surface area contributed by atoms with Crippen molar-refractivity contribution >= 4 is 29.7 Å². The highest BCUT2D eigenvalue weighted by Crippen LogP contribution is 2.23. The number of aliphatic imine (C=N–C) groups is 1. The number of fused-ring (bicyclic) bond motifs is 1. The Morgan fingerprint density at radius 3 is 2.81 bits per heavy atom. The molecule has 0 aromatic heterocycles. The van der Waals surface area contributed by atoms with Gasteiger partial charge in [0.2, 0.25) is 5.96 Å². The molecule has 0 radical (unpaired) electrons. The van der Waals surface area contributed by atoms with Gasteiger partial charge in [0.25, 0.3) is 5.91 Å². The zero-order valence-corrected chi connectivity index (χ0v) is 15.3. The number of imide groups is 1. The number of urea groups is 1. The maximum atomic E-state index is 12.3. The molecule has 2 aliphatic heterocycles. The monoisotopic (exact) mass is 366 g/mol. The quantitative estimate of drug-likeness (QED) is 0.468. The highest BCUT2D eigenvalue weighted by Gasteiger charge is 2.48. The topological polar surface area (TPSA) is 89.4 Å². The number of nitrogens with one attached hydrogen (secondary N) is 2. The maximum absolute atomic E-state index is 12.3. The van der Waals surface area contributed by atoms with Gasteiger partial charge in [-0.1, -0.05) is 42.5 Å². The first-order valence-corrected chi connectivity index (χ1v) is 8.57. The lowest BCUT2D eigenvalue weighted by molar-refractivity contribution is -0.126. The molecule has 0 bridgehead atoms. The van der Waals surface area contributed by atoms with Crippen LogP contribution in [-0.2, 0) is 4.79 Å². The van der Waals surface area contributed by atoms with Crippen molar-refractivity contribution in [2.24, 2.45) is 10.1 Å². The predicted molar refractivity (Wildman–Crippen MR) is 105 cm³/mol. The van der Waals surface area contributed by atoms with Gasteiger partial charge < -0.3 is 9.80 Å². The van der Waals surface area contributed by atoms with Crippen molar-refractivity contribution in [2.75, 3.05) is 13.6 Å². The van der Waals surface area contributed by atoms with E-state index in [1.165, 1.54) is 4.90 Å². The molecule has 140 valence electrons. The van der Waals surface area contributed by atoms with E-state index in [1.54, 1.807) is 18.0 Å². The second kappa shape index (κ2) is 7.86. The molecule has 1 aromatic carbocycles. The number of nitrogens with zero attached hydrogens (tertiary/aromatic N) is 4. The summed E-state index contributed by atoms with van der Waals surface area (Å²) in [5.74, 6) is 0.0456. The molecule has 3 amide bonds. The first-order valence-electron chi connectivity index (χ1n) is 8.57. The Kier molecular flexibility index (Phi) is 5.35. The molecule has 0 aliphatic carbocycles. The largest absolute Gasteiger partial charge is 0.325 e. The average molecular weight is 366 g/mol. The lowest BCUT2D eigenvalue weighted by Crippen LogP contribution is -2.64. The number of guanidine groups is 1. The number of carbonyl (C=O) groups excluding carboxylic acids is 2. The number of allylic oxidation sites excluding steroid dienone is 1. The van der Waals surface area contributed by atoms with Crippen molar-refractivity contribution in [3.05, 3.63) is 54.6 Å². The smallest absolute Gasteiger partial charge is 0.322 e. The number of hydrogen-bond donors (Lipinski definition) is 2. The summed E-state index contributed by atoms with van der Waals surface area (Å²) < 4.78 is 0. The van der Waals surface area contributed by atoms with Crippen LogP contribution in [0, 0.1) is 0 Å². The number of carbonyl (C=O) groups is 2. The molecule has 0 spiro atoms. The Bertz CT molecular complexity index is 830. The van der Waals surface area contributed by atoms with Crippen molar-refractivity contribution in [3.8, 4) is 0 Å². The highest BCUT2D eigenvalue weighted by molar-refractivity contribution is 6.04. The molecule has 2 N–H and O–H groups in total. The molecular weight excluding hydrogens is 344 g/mol. The second-order valence-electron chi connectivity index (χ2n) is 6.27. The first kappa shape index (κ1) is 18.4. The molecule has 1 saturated heterocycles. The summed E-state index contributed by atoms with van der Waals surface area (Å²) in [5.41, 5.74) is 4.72. The minimum absolute atomic E-state index is 0.379. The van der Waals surface area contributed by atoms with Crippen molar-refractivity contribution in [2.45, 2.75) is 19.1 Å². The molecule has 8 heteroatoms. The van der Waals surface area contributed by atoms with Crippen LogP contribution in [0.15, 0.2) is 59.2 Å². The van der Waals surface area contributed by atoms with Gasteiger partial charge in [0.05, 0.1) is 5.71 Å². The third kappa shape index (κ3) is 3.89. The van der Waals surface area contributed by atoms with Gasteiger partial charge in [-0.25, -0.2) is 15.2 Å². The van der Waals surface area contributed by atoms with Crippen LogP contribution in [0.2, 0.25) is 0 Å². The highest BCUT2D eigenvalue weighted by atomic mass is 16.2. The molecular formula is C19H22N6O2. The minimum Gasteiger partial charge on any atom is -0.322 e. The zero-order chi connectivity index (χ0) is 19.4. The molecule has 1 aromatic rings. The summed E-state index contributed by atoms with van der Waals surface area (Å²) in [6.45, 7) is 5.99. The maximum Gasteiger partial charge on any atom is 0.325 e. The van der Waals surface area contributed by atoms with Gasteiger partial charge in [-0.05, 0) is 18.6 Å². The number of likely N-dealkylation sites (N-methyl/N-ethyl adjacent to an activating group) is 1. The molecule has 2 unspecified atom stereocenters. The normalized spacial score (nSPS) is 22.6. The van der Waals surface area contributed by atoms with Crippen LogP contribution in [0.3, 0.4) is 0 Å². The van der Waals surface area contributed by atoms with Gasteiger partial charge >= 0.3 is 6.03 Å². The van der Waals surface area contributed by atoms with Crippen molar-refractivity contribution in [1.29, 1.82) is 0 Å². The van der Waals surface area contributed by atoms with E-state index >= 15 is 0 Å². The van der Waals surface area contributed by atoms with Crippen molar-refractivity contribution in [3.63, 3.8) is 0 Å². The fraction of sp³-hybridized carbons (Fsp3) is 0.263. The van der Waals surface area contributed by atoms with Gasteiger partial charge in [0.15, 0.2) is 12.2 Å². The Morgan fingerprint density at radius 2 is 2.11 bits per heavy atom. The molecule has 3 rings (SSSR count). The standard InChI is InChI=1S/C19H22N6O2/c1-4-12-25-15-16(24(3)19(27)21-17(15)26)20-18(25)23-22-13(2)10-11-14-8-6-5-7-9-14/h4-11,15-16H,1,12H2,2-3H3,(H,20,23)(H,21,26,27)/b11-10+,22-13+. The fourth-order valence-corrected chi connectivity index (χ4v) is 2.91. The molecule has 1 fully saturated rings. The first-order chi connectivity index (χ1) is 13.0. The zero-order valence-electron chi connectivity index (χ0n) is 15.3. The lowest BCUT2D eigenvalue weighted by atomic mass is 10.1. The summed E-state index contributed by atoms with van der Waals surface area (Å²) in [4.78, 5) is 31.7. The van der Waals surface area contributed by atoms with Gasteiger partial charge in [0.1, 0.15) is 0 Å². The third-order valence-electron chi connectivity index (χ3n) is 4.34. The summed E-state index contributed by atoms with van der Waals surface area (Å²) in [5, 5.41) is 6.66. The van der Waals surface area contributed by atoms with E-state index in [-0.39, 0.29) is 5.91 Å². The van der Waals surface area contributed by atoms with Gasteiger partial charge in [-0.15, -0.1) is 6.58 Å². The molecule has 27 heavy (non-hydrogen) atoms. The van der Waals surface area contributed by atoms with Crippen LogP contribution in [-0.4, -0.2) is 59.2 Å². The van der Waals surface area contributed by atoms with Crippen LogP contribution in [0.4, 0.5) is 4.79 Å². The minimum atomic E-state index is -0.608. The SMILES string of the molecule is C=CCN1C(N/N=C(C)/C=C/c2ccccc2)=NC2C1C(=O)NC(=O)N2C. The van der Waals surface area contributed by atoms with E-state index in [0.29, 0.717) is 12.5 Å². The fourth-order valence-electron chi connectivity index (χ4n) is 2.91. The Morgan fingerprint density at radius 1 is 1.37 bits per heavy atom. The number of amides is 3. The van der Waals surface area contributed by atoms with Crippen LogP contribution >= 0.6 is 0 Å². The molecule has 8 nitrogen and oxygen atoms in total. The summed E-state index contributed by atoms with van der Waals surface area (Å²) in [6.07, 6.45) is 4.92. The van der Waals surface area contributed by atoms with E-state index in [0.717, 1.165) is 11.3 Å². The van der Waals surface area contributed by atoms with Crippen LogP contribution in [0.1, 0.15) is 12.5 Å². The van der Waals surface area contributed by atoms with E-state index in [4.69, 9.17) is 0 Å². The van der Waals surface area contributed by atoms with Gasteiger partial charge in [-0.2, -0.15) is 5.10 Å². The van der Waals surface area contributed by atoms with Crippen LogP contribution in [0.25, 0.3) is 6.08 Å². The molecule has 2 atom stereocenters. The summed E-state index contributed by atoms with van der Waals surface area (Å²) >= 11 is 0. The number of rotatable bonds is 5. The second-order valence-corrected chi connectivity index (χ2v) is 6.27. The van der Waals surface area contributed by atoms with E-state index in [9.17, 15) is 9.59 Å². The van der Waals surface area contributed by atoms with E-state index in [1.807, 2.05) is 49.4 Å². The van der Waals surface area contributed by atoms with Gasteiger partial charge in [-0.3, -0.25) is 10.1 Å². The molecule has 2 heterocycles. The third-order valence-corrected chi connectivity index (χ3v) is 4.34. The number of hydrogen-bond acceptors (Lipinski definition) is 6. The predicted octanol–water partition coefficient (Wildman–Crippen LogP) is 1.40. The average Bonchev–Trinajstić information content (AvgIpc) is 3.03.